The van der Waals surface area contributed by atoms with Crippen LogP contribution in [0.5, 0.6) is 5.75 Å². The van der Waals surface area contributed by atoms with Crippen molar-refractivity contribution in [1.82, 2.24) is 5.32 Å². The van der Waals surface area contributed by atoms with E-state index < -0.39 is 5.82 Å². The highest BCUT2D eigenvalue weighted by atomic mass is 32.1. The molecule has 0 saturated heterocycles. The largest absolute Gasteiger partial charge is 0.478 e. The van der Waals surface area contributed by atoms with Gasteiger partial charge in [-0.25, -0.2) is 4.39 Å². The number of rotatable bonds is 5. The standard InChI is InChI=1S/C20H20FNO2S/c21-16-8-1-2-9-17(16)24-14-6-5-13-22-19(23)20(11-3-4-12-20)18-10-7-15-25-18/h1-2,7-10,15H,3-4,11-14H2,(H,22,23). The smallest absolute Gasteiger partial charge is 0.232 e. The van der Waals surface area contributed by atoms with Crippen LogP contribution < -0.4 is 10.1 Å². The van der Waals surface area contributed by atoms with Gasteiger partial charge in [-0.2, -0.15) is 0 Å². The second-order valence-electron chi connectivity index (χ2n) is 6.02. The van der Waals surface area contributed by atoms with Gasteiger partial charge in [-0.05, 0) is 36.4 Å². The van der Waals surface area contributed by atoms with Crippen LogP contribution in [0.1, 0.15) is 30.6 Å². The van der Waals surface area contributed by atoms with Gasteiger partial charge < -0.3 is 10.1 Å². The maximum Gasteiger partial charge on any atom is 0.232 e. The maximum absolute atomic E-state index is 13.4. The molecule has 3 rings (SSSR count). The quantitative estimate of drug-likeness (QED) is 0.825. The van der Waals surface area contributed by atoms with E-state index in [4.69, 9.17) is 4.74 Å². The van der Waals surface area contributed by atoms with Gasteiger partial charge >= 0.3 is 0 Å². The molecule has 130 valence electrons. The molecule has 1 aliphatic carbocycles. The molecule has 25 heavy (non-hydrogen) atoms. The number of carbonyl (C=O) groups excluding carboxylic acids is 1. The Hall–Kier alpha value is -2.32. The molecule has 2 aromatic rings. The molecule has 0 radical (unpaired) electrons. The molecule has 0 bridgehead atoms. The minimum Gasteiger partial charge on any atom is -0.478 e. The summed E-state index contributed by atoms with van der Waals surface area (Å²) in [5, 5.41) is 4.94. The first kappa shape index (κ1) is 17.5. The Morgan fingerprint density at radius 3 is 2.72 bits per heavy atom. The normalized spacial score (nSPS) is 15.2. The summed E-state index contributed by atoms with van der Waals surface area (Å²) in [5.41, 5.74) is -0.389. The molecule has 0 atom stereocenters. The van der Waals surface area contributed by atoms with Crippen molar-refractivity contribution >= 4 is 17.2 Å². The van der Waals surface area contributed by atoms with Crippen molar-refractivity contribution in [3.63, 3.8) is 0 Å². The first-order valence-corrected chi connectivity index (χ1v) is 9.26. The average molecular weight is 357 g/mol. The van der Waals surface area contributed by atoms with Gasteiger partial charge in [0.2, 0.25) is 5.91 Å². The molecule has 1 fully saturated rings. The number of carbonyl (C=O) groups is 1. The summed E-state index contributed by atoms with van der Waals surface area (Å²) in [6, 6.07) is 10.3. The van der Waals surface area contributed by atoms with Crippen LogP contribution in [0.2, 0.25) is 0 Å². The number of nitrogens with one attached hydrogen (secondary N) is 1. The summed E-state index contributed by atoms with van der Waals surface area (Å²) in [5.74, 6) is 5.50. The summed E-state index contributed by atoms with van der Waals surface area (Å²) >= 11 is 1.64. The van der Waals surface area contributed by atoms with Gasteiger partial charge in [-0.3, -0.25) is 4.79 Å². The number of benzene rings is 1. The summed E-state index contributed by atoms with van der Waals surface area (Å²) in [7, 11) is 0. The Labute approximate surface area is 151 Å². The lowest BCUT2D eigenvalue weighted by atomic mass is 9.83. The van der Waals surface area contributed by atoms with Gasteiger partial charge in [0.25, 0.3) is 0 Å². The maximum atomic E-state index is 13.4. The van der Waals surface area contributed by atoms with E-state index in [1.807, 2.05) is 17.5 Å². The third-order valence-corrected chi connectivity index (χ3v) is 5.56. The van der Waals surface area contributed by atoms with E-state index in [1.165, 1.54) is 6.07 Å². The second kappa shape index (κ2) is 8.17. The Morgan fingerprint density at radius 2 is 2.00 bits per heavy atom. The zero-order chi connectivity index (χ0) is 17.5. The molecular weight excluding hydrogens is 337 g/mol. The van der Waals surface area contributed by atoms with Crippen molar-refractivity contribution in [2.24, 2.45) is 0 Å². The molecule has 1 amide bonds. The van der Waals surface area contributed by atoms with Crippen LogP contribution >= 0.6 is 11.3 Å². The topological polar surface area (TPSA) is 38.3 Å². The van der Waals surface area contributed by atoms with Crippen molar-refractivity contribution in [3.05, 3.63) is 52.5 Å². The van der Waals surface area contributed by atoms with Crippen LogP contribution in [0.25, 0.3) is 0 Å². The lowest BCUT2D eigenvalue weighted by Gasteiger charge is -2.26. The third-order valence-electron chi connectivity index (χ3n) is 4.48. The fraction of sp³-hybridized carbons (Fsp3) is 0.350. The molecule has 1 aromatic carbocycles. The summed E-state index contributed by atoms with van der Waals surface area (Å²) in [6.07, 6.45) is 3.94. The Kier molecular flexibility index (Phi) is 5.72. The van der Waals surface area contributed by atoms with Crippen molar-refractivity contribution < 1.29 is 13.9 Å². The first-order valence-electron chi connectivity index (χ1n) is 8.38. The molecule has 0 spiro atoms. The average Bonchev–Trinajstić information content (AvgIpc) is 3.30. The number of hydrogen-bond acceptors (Lipinski definition) is 3. The minimum atomic E-state index is -0.406. The zero-order valence-electron chi connectivity index (χ0n) is 13.9. The van der Waals surface area contributed by atoms with Crippen LogP contribution in [0, 0.1) is 17.7 Å². The number of halogens is 1. The van der Waals surface area contributed by atoms with Crippen LogP contribution in [0.3, 0.4) is 0 Å². The van der Waals surface area contributed by atoms with E-state index >= 15 is 0 Å². The van der Waals surface area contributed by atoms with Crippen molar-refractivity contribution in [2.75, 3.05) is 13.2 Å². The highest BCUT2D eigenvalue weighted by molar-refractivity contribution is 7.10. The summed E-state index contributed by atoms with van der Waals surface area (Å²) in [6.45, 7) is 0.361. The molecule has 1 heterocycles. The van der Waals surface area contributed by atoms with Crippen molar-refractivity contribution in [3.8, 4) is 17.6 Å². The molecule has 3 nitrogen and oxygen atoms in total. The zero-order valence-corrected chi connectivity index (χ0v) is 14.7. The Bertz CT molecular complexity index is 770. The van der Waals surface area contributed by atoms with Gasteiger partial charge in [-0.1, -0.05) is 42.9 Å². The molecule has 0 unspecified atom stereocenters. The SMILES string of the molecule is O=C(NCC#CCOc1ccccc1F)C1(c2cccs2)CCCC1. The molecule has 1 N–H and O–H groups in total. The van der Waals surface area contributed by atoms with Crippen LogP contribution in [-0.2, 0) is 10.2 Å². The van der Waals surface area contributed by atoms with Crippen molar-refractivity contribution in [1.29, 1.82) is 0 Å². The van der Waals surface area contributed by atoms with Crippen LogP contribution in [-0.4, -0.2) is 19.1 Å². The number of hydrogen-bond donors (Lipinski definition) is 1. The Morgan fingerprint density at radius 1 is 1.20 bits per heavy atom. The monoisotopic (exact) mass is 357 g/mol. The van der Waals surface area contributed by atoms with Crippen LogP contribution in [0.15, 0.2) is 41.8 Å². The van der Waals surface area contributed by atoms with E-state index in [0.29, 0.717) is 0 Å². The van der Waals surface area contributed by atoms with Gasteiger partial charge in [0.05, 0.1) is 12.0 Å². The number of thiophene rings is 1. The lowest BCUT2D eigenvalue weighted by molar-refractivity contribution is -0.126. The molecular formula is C20H20FNO2S. The number of para-hydroxylation sites is 1. The van der Waals surface area contributed by atoms with Gasteiger partial charge in [0, 0.05) is 4.88 Å². The Balaban J connectivity index is 1.50. The highest BCUT2D eigenvalue weighted by Gasteiger charge is 2.43. The van der Waals surface area contributed by atoms with Gasteiger partial charge in [-0.15, -0.1) is 11.3 Å². The van der Waals surface area contributed by atoms with E-state index in [2.05, 4.69) is 17.2 Å². The second-order valence-corrected chi connectivity index (χ2v) is 6.97. The molecule has 1 aromatic heterocycles. The minimum absolute atomic E-state index is 0.0526. The van der Waals surface area contributed by atoms with Crippen molar-refractivity contribution in [2.45, 2.75) is 31.1 Å². The predicted molar refractivity (Wildman–Crippen MR) is 97.1 cm³/mol. The van der Waals surface area contributed by atoms with E-state index in [9.17, 15) is 9.18 Å². The highest BCUT2D eigenvalue weighted by Crippen LogP contribution is 2.43. The van der Waals surface area contributed by atoms with E-state index in [1.54, 1.807) is 29.5 Å². The fourth-order valence-corrected chi connectivity index (χ4v) is 4.18. The summed E-state index contributed by atoms with van der Waals surface area (Å²) < 4.78 is 18.7. The van der Waals surface area contributed by atoms with Gasteiger partial charge in [0.1, 0.15) is 6.61 Å². The molecule has 1 aliphatic rings. The van der Waals surface area contributed by atoms with Gasteiger partial charge in [0.15, 0.2) is 11.6 Å². The summed E-state index contributed by atoms with van der Waals surface area (Å²) in [4.78, 5) is 13.8. The van der Waals surface area contributed by atoms with E-state index in [-0.39, 0.29) is 30.2 Å². The third kappa shape index (κ3) is 4.02. The van der Waals surface area contributed by atoms with Crippen LogP contribution in [0.4, 0.5) is 4.39 Å². The lowest BCUT2D eigenvalue weighted by Crippen LogP contribution is -2.42. The number of ether oxygens (including phenoxy) is 1. The molecule has 5 heteroatoms. The first-order chi connectivity index (χ1) is 12.2. The molecule has 0 aliphatic heterocycles. The molecule has 1 saturated carbocycles. The fourth-order valence-electron chi connectivity index (χ4n) is 3.20. The van der Waals surface area contributed by atoms with E-state index in [0.717, 1.165) is 30.6 Å². The predicted octanol–water partition coefficient (Wildman–Crippen LogP) is 3.90. The number of amides is 1.